The Morgan fingerprint density at radius 3 is 2.78 bits per heavy atom. The van der Waals surface area contributed by atoms with Gasteiger partial charge in [0.25, 0.3) is 5.91 Å². The van der Waals surface area contributed by atoms with Gasteiger partial charge in [0.2, 0.25) is 0 Å². The molecule has 1 rings (SSSR count). The summed E-state index contributed by atoms with van der Waals surface area (Å²) in [7, 11) is 0. The quantitative estimate of drug-likeness (QED) is 0.754. The van der Waals surface area contributed by atoms with E-state index in [1.807, 2.05) is 12.1 Å². The van der Waals surface area contributed by atoms with Crippen LogP contribution in [0.1, 0.15) is 43.5 Å². The monoisotopic (exact) mass is 331 g/mol. The fourth-order valence-corrected chi connectivity index (χ4v) is 2.23. The molecule has 1 aromatic carbocycles. The summed E-state index contributed by atoms with van der Waals surface area (Å²) in [5.74, 6) is 0.617. The van der Waals surface area contributed by atoms with Crippen LogP contribution >= 0.6 is 27.5 Å². The number of carbonyl (C=O) groups excluding carboxylic acids is 1. The first-order valence-electron chi connectivity index (χ1n) is 6.24. The molecule has 0 fully saturated rings. The van der Waals surface area contributed by atoms with E-state index in [4.69, 9.17) is 11.6 Å². The van der Waals surface area contributed by atoms with Crippen LogP contribution in [0.5, 0.6) is 0 Å². The first-order chi connectivity index (χ1) is 8.52. The number of unbranched alkanes of at least 4 members (excludes halogenated alkanes) is 1. The number of hydrogen-bond acceptors (Lipinski definition) is 1. The number of benzene rings is 1. The minimum Gasteiger partial charge on any atom is -0.352 e. The van der Waals surface area contributed by atoms with Gasteiger partial charge in [0.15, 0.2) is 0 Å². The molecule has 0 bridgehead atoms. The molecule has 18 heavy (non-hydrogen) atoms. The highest BCUT2D eigenvalue weighted by atomic mass is 79.9. The zero-order valence-electron chi connectivity index (χ0n) is 10.8. The predicted molar refractivity (Wildman–Crippen MR) is 80.2 cm³/mol. The Kier molecular flexibility index (Phi) is 6.72. The minimum atomic E-state index is -0.106. The summed E-state index contributed by atoms with van der Waals surface area (Å²) in [4.78, 5) is 11.9. The van der Waals surface area contributed by atoms with Gasteiger partial charge in [0, 0.05) is 11.0 Å². The third-order valence-corrected chi connectivity index (χ3v) is 3.99. The van der Waals surface area contributed by atoms with Gasteiger partial charge in [-0.3, -0.25) is 4.79 Å². The Morgan fingerprint density at radius 2 is 2.11 bits per heavy atom. The molecule has 100 valence electrons. The smallest absolute Gasteiger partial charge is 0.252 e. The van der Waals surface area contributed by atoms with Gasteiger partial charge < -0.3 is 5.32 Å². The van der Waals surface area contributed by atoms with E-state index in [0.29, 0.717) is 17.1 Å². The van der Waals surface area contributed by atoms with E-state index in [2.05, 4.69) is 35.1 Å². The summed E-state index contributed by atoms with van der Waals surface area (Å²) in [6.45, 7) is 5.12. The molecule has 0 aliphatic heterocycles. The lowest BCUT2D eigenvalue weighted by Crippen LogP contribution is -2.24. The number of rotatable bonds is 6. The van der Waals surface area contributed by atoms with Gasteiger partial charge in [0.05, 0.1) is 10.6 Å². The standard InChI is InChI=1S/C14H19BrClNO/c1-10(2)6-3-4-9-17-14(18)11-7-5-8-12(15)13(11)16/h5,7-8,10H,3-4,6,9H2,1-2H3,(H,17,18). The number of halogens is 2. The lowest BCUT2D eigenvalue weighted by atomic mass is 10.1. The van der Waals surface area contributed by atoms with Crippen molar-refractivity contribution < 1.29 is 4.79 Å². The number of amides is 1. The third kappa shape index (κ3) is 4.99. The van der Waals surface area contributed by atoms with Crippen LogP contribution in [0.2, 0.25) is 5.02 Å². The molecule has 0 spiro atoms. The average Bonchev–Trinajstić information content (AvgIpc) is 2.31. The highest BCUT2D eigenvalue weighted by molar-refractivity contribution is 9.10. The molecular weight excluding hydrogens is 314 g/mol. The molecule has 0 heterocycles. The van der Waals surface area contributed by atoms with Crippen LogP contribution in [-0.2, 0) is 0 Å². The molecule has 4 heteroatoms. The van der Waals surface area contributed by atoms with Crippen molar-refractivity contribution in [1.29, 1.82) is 0 Å². The Morgan fingerprint density at radius 1 is 1.39 bits per heavy atom. The molecule has 0 aromatic heterocycles. The second kappa shape index (κ2) is 7.80. The fourth-order valence-electron chi connectivity index (χ4n) is 1.65. The van der Waals surface area contributed by atoms with Crippen molar-refractivity contribution in [2.24, 2.45) is 5.92 Å². The average molecular weight is 333 g/mol. The van der Waals surface area contributed by atoms with Gasteiger partial charge in [-0.25, -0.2) is 0 Å². The summed E-state index contributed by atoms with van der Waals surface area (Å²) < 4.78 is 0.747. The Bertz CT molecular complexity index is 407. The largest absolute Gasteiger partial charge is 0.352 e. The molecule has 0 radical (unpaired) electrons. The Hall–Kier alpha value is -0.540. The Labute approximate surface area is 122 Å². The maximum absolute atomic E-state index is 11.9. The zero-order chi connectivity index (χ0) is 13.5. The first kappa shape index (κ1) is 15.5. The van der Waals surface area contributed by atoms with Crippen LogP contribution in [-0.4, -0.2) is 12.5 Å². The van der Waals surface area contributed by atoms with Crippen LogP contribution in [0.4, 0.5) is 0 Å². The van der Waals surface area contributed by atoms with E-state index in [1.54, 1.807) is 6.07 Å². The van der Waals surface area contributed by atoms with Gasteiger partial charge in [-0.1, -0.05) is 44.4 Å². The lowest BCUT2D eigenvalue weighted by molar-refractivity contribution is 0.0953. The lowest BCUT2D eigenvalue weighted by Gasteiger charge is -2.08. The van der Waals surface area contributed by atoms with Crippen LogP contribution < -0.4 is 5.32 Å². The number of carbonyl (C=O) groups is 1. The van der Waals surface area contributed by atoms with E-state index in [9.17, 15) is 4.79 Å². The van der Waals surface area contributed by atoms with Crippen molar-refractivity contribution >= 4 is 33.4 Å². The second-order valence-corrected chi connectivity index (χ2v) is 5.98. The zero-order valence-corrected chi connectivity index (χ0v) is 13.1. The second-order valence-electron chi connectivity index (χ2n) is 4.75. The molecule has 0 aliphatic carbocycles. The molecule has 0 unspecified atom stereocenters. The molecule has 0 aliphatic rings. The van der Waals surface area contributed by atoms with Crippen LogP contribution in [0.15, 0.2) is 22.7 Å². The maximum Gasteiger partial charge on any atom is 0.252 e. The summed E-state index contributed by atoms with van der Waals surface area (Å²) in [6, 6.07) is 5.36. The minimum absolute atomic E-state index is 0.106. The van der Waals surface area contributed by atoms with Crippen LogP contribution in [0.3, 0.4) is 0 Å². The maximum atomic E-state index is 11.9. The van der Waals surface area contributed by atoms with Crippen molar-refractivity contribution in [3.63, 3.8) is 0 Å². The summed E-state index contributed by atoms with van der Waals surface area (Å²) in [5.41, 5.74) is 0.523. The fraction of sp³-hybridized carbons (Fsp3) is 0.500. The molecular formula is C14H19BrClNO. The van der Waals surface area contributed by atoms with Gasteiger partial charge in [-0.15, -0.1) is 0 Å². The molecule has 1 N–H and O–H groups in total. The Balaban J connectivity index is 2.39. The van der Waals surface area contributed by atoms with Crippen molar-refractivity contribution in [1.82, 2.24) is 5.32 Å². The van der Waals surface area contributed by atoms with E-state index in [-0.39, 0.29) is 5.91 Å². The van der Waals surface area contributed by atoms with Crippen molar-refractivity contribution in [2.45, 2.75) is 33.1 Å². The van der Waals surface area contributed by atoms with Gasteiger partial charge in [0.1, 0.15) is 0 Å². The molecule has 0 saturated carbocycles. The normalized spacial score (nSPS) is 10.7. The number of nitrogens with one attached hydrogen (secondary N) is 1. The first-order valence-corrected chi connectivity index (χ1v) is 7.41. The predicted octanol–water partition coefficient (Wildman–Crippen LogP) is 4.66. The number of hydrogen-bond donors (Lipinski definition) is 1. The third-order valence-electron chi connectivity index (χ3n) is 2.69. The molecule has 1 aromatic rings. The van der Waals surface area contributed by atoms with Crippen LogP contribution in [0.25, 0.3) is 0 Å². The van der Waals surface area contributed by atoms with E-state index in [1.165, 1.54) is 6.42 Å². The van der Waals surface area contributed by atoms with Crippen molar-refractivity contribution in [2.75, 3.05) is 6.54 Å². The van der Waals surface area contributed by atoms with Crippen LogP contribution in [0, 0.1) is 5.92 Å². The molecule has 2 nitrogen and oxygen atoms in total. The highest BCUT2D eigenvalue weighted by Crippen LogP contribution is 2.25. The van der Waals surface area contributed by atoms with Crippen molar-refractivity contribution in [3.8, 4) is 0 Å². The SMILES string of the molecule is CC(C)CCCCNC(=O)c1cccc(Br)c1Cl. The highest BCUT2D eigenvalue weighted by Gasteiger charge is 2.11. The summed E-state index contributed by atoms with van der Waals surface area (Å²) >= 11 is 9.37. The molecule has 0 atom stereocenters. The van der Waals surface area contributed by atoms with Crippen molar-refractivity contribution in [3.05, 3.63) is 33.3 Å². The van der Waals surface area contributed by atoms with Gasteiger partial charge in [-0.05, 0) is 40.4 Å². The van der Waals surface area contributed by atoms with Gasteiger partial charge >= 0.3 is 0 Å². The molecule has 0 saturated heterocycles. The molecule has 1 amide bonds. The topological polar surface area (TPSA) is 29.1 Å². The summed E-state index contributed by atoms with van der Waals surface area (Å²) in [5, 5.41) is 3.37. The summed E-state index contributed by atoms with van der Waals surface area (Å²) in [6.07, 6.45) is 3.35. The van der Waals surface area contributed by atoms with E-state index < -0.39 is 0 Å². The van der Waals surface area contributed by atoms with E-state index in [0.717, 1.165) is 23.2 Å². The van der Waals surface area contributed by atoms with E-state index >= 15 is 0 Å². The van der Waals surface area contributed by atoms with Gasteiger partial charge in [-0.2, -0.15) is 0 Å².